The van der Waals surface area contributed by atoms with E-state index < -0.39 is 0 Å². The van der Waals surface area contributed by atoms with E-state index in [4.69, 9.17) is 4.84 Å². The van der Waals surface area contributed by atoms with Crippen LogP contribution in [0.3, 0.4) is 0 Å². The molecule has 0 aliphatic carbocycles. The molecule has 0 atom stereocenters. The van der Waals surface area contributed by atoms with Gasteiger partial charge in [0.15, 0.2) is 6.61 Å². The van der Waals surface area contributed by atoms with E-state index in [0.717, 1.165) is 61.4 Å². The van der Waals surface area contributed by atoms with Crippen LogP contribution in [0.5, 0.6) is 0 Å². The van der Waals surface area contributed by atoms with Gasteiger partial charge in [-0.25, -0.2) is 0 Å². The lowest BCUT2D eigenvalue weighted by molar-refractivity contribution is 0.124. The van der Waals surface area contributed by atoms with Gasteiger partial charge in [0.05, 0.1) is 11.4 Å². The summed E-state index contributed by atoms with van der Waals surface area (Å²) in [5.74, 6) is 0. The molecule has 2 heterocycles. The van der Waals surface area contributed by atoms with E-state index in [2.05, 4.69) is 49.3 Å². The minimum atomic E-state index is 0.386. The third kappa shape index (κ3) is 6.91. The van der Waals surface area contributed by atoms with Gasteiger partial charge in [0.1, 0.15) is 0 Å². The Bertz CT molecular complexity index is 848. The van der Waals surface area contributed by atoms with Crippen LogP contribution in [0, 0.1) is 0 Å². The molecule has 152 valence electrons. The summed E-state index contributed by atoms with van der Waals surface area (Å²) < 4.78 is 0. The highest BCUT2D eigenvalue weighted by Crippen LogP contribution is 2.11. The maximum atomic E-state index is 5.54. The molecule has 1 fully saturated rings. The van der Waals surface area contributed by atoms with Crippen molar-refractivity contribution in [2.24, 2.45) is 15.1 Å². The maximum Gasteiger partial charge on any atom is 0.159 e. The summed E-state index contributed by atoms with van der Waals surface area (Å²) in [6.07, 6.45) is 8.44. The number of benzene rings is 1. The van der Waals surface area contributed by atoms with E-state index in [9.17, 15) is 0 Å². The fourth-order valence-corrected chi connectivity index (χ4v) is 3.33. The molecule has 0 bridgehead atoms. The summed E-state index contributed by atoms with van der Waals surface area (Å²) >= 11 is 0. The summed E-state index contributed by atoms with van der Waals surface area (Å²) in [6.45, 7) is 3.52. The number of hydrogen-bond donors (Lipinski definition) is 0. The number of pyridine rings is 1. The number of hydrogen-bond acceptors (Lipinski definition) is 6. The molecular formula is C23H29N5O. The lowest BCUT2D eigenvalue weighted by Crippen LogP contribution is -2.35. The van der Waals surface area contributed by atoms with Gasteiger partial charge in [-0.15, -0.1) is 0 Å². The van der Waals surface area contributed by atoms with Crippen LogP contribution in [-0.4, -0.2) is 61.8 Å². The number of piperidine rings is 1. The van der Waals surface area contributed by atoms with Gasteiger partial charge in [-0.3, -0.25) is 15.0 Å². The van der Waals surface area contributed by atoms with Crippen molar-refractivity contribution in [1.82, 2.24) is 9.88 Å². The monoisotopic (exact) mass is 391 g/mol. The Morgan fingerprint density at radius 3 is 2.45 bits per heavy atom. The van der Waals surface area contributed by atoms with Gasteiger partial charge >= 0.3 is 0 Å². The normalized spacial score (nSPS) is 15.3. The standard InChI is InChI=1S/C23H29N5O/c1-24-16-20-5-3-19(4-6-20)8-12-28-13-9-22(10-14-28)27-29-18-23-15-21(17-25-2)7-11-26-23/h3-7,11,15-17H,8-10,12-14,18H2,1-2H3. The van der Waals surface area contributed by atoms with Crippen LogP contribution >= 0.6 is 0 Å². The molecule has 1 aliphatic rings. The van der Waals surface area contributed by atoms with Crippen LogP contribution in [-0.2, 0) is 17.9 Å². The third-order valence-electron chi connectivity index (χ3n) is 4.93. The van der Waals surface area contributed by atoms with Crippen LogP contribution in [0.2, 0.25) is 0 Å². The fourth-order valence-electron chi connectivity index (χ4n) is 3.33. The van der Waals surface area contributed by atoms with Crippen molar-refractivity contribution in [3.8, 4) is 0 Å². The quantitative estimate of drug-likeness (QED) is 0.512. The van der Waals surface area contributed by atoms with Crippen LogP contribution < -0.4 is 0 Å². The Labute approximate surface area is 173 Å². The van der Waals surface area contributed by atoms with Crippen molar-refractivity contribution in [1.29, 1.82) is 0 Å². The SMILES string of the molecule is CN=Cc1ccc(CCN2CCC(=NOCc3cc(C=NC)ccn3)CC2)cc1. The first kappa shape index (κ1) is 20.9. The molecule has 1 aliphatic heterocycles. The van der Waals surface area contributed by atoms with Crippen LogP contribution in [0.25, 0.3) is 0 Å². The second kappa shape index (κ2) is 11.2. The Morgan fingerprint density at radius 2 is 1.72 bits per heavy atom. The number of rotatable bonds is 8. The average Bonchev–Trinajstić information content (AvgIpc) is 2.75. The first-order chi connectivity index (χ1) is 14.3. The zero-order valence-electron chi connectivity index (χ0n) is 17.3. The smallest absolute Gasteiger partial charge is 0.159 e. The number of likely N-dealkylation sites (tertiary alicyclic amines) is 1. The molecule has 1 aromatic heterocycles. The fraction of sp³-hybridized carbons (Fsp3) is 0.391. The number of oxime groups is 1. The van der Waals surface area contributed by atoms with Gasteiger partial charge in [0.25, 0.3) is 0 Å². The molecule has 0 unspecified atom stereocenters. The highest BCUT2D eigenvalue weighted by molar-refractivity contribution is 5.85. The lowest BCUT2D eigenvalue weighted by Gasteiger charge is -2.27. The maximum absolute atomic E-state index is 5.54. The summed E-state index contributed by atoms with van der Waals surface area (Å²) in [4.78, 5) is 20.4. The second-order valence-electron chi connectivity index (χ2n) is 7.12. The van der Waals surface area contributed by atoms with E-state index in [1.807, 2.05) is 18.3 Å². The average molecular weight is 392 g/mol. The van der Waals surface area contributed by atoms with E-state index in [0.29, 0.717) is 6.61 Å². The second-order valence-corrected chi connectivity index (χ2v) is 7.12. The van der Waals surface area contributed by atoms with Crippen molar-refractivity contribution in [3.05, 3.63) is 65.0 Å². The van der Waals surface area contributed by atoms with Gasteiger partial charge in [0.2, 0.25) is 0 Å². The van der Waals surface area contributed by atoms with E-state index in [1.54, 1.807) is 26.5 Å². The lowest BCUT2D eigenvalue weighted by atomic mass is 10.1. The number of aliphatic imine (C=N–C) groups is 2. The zero-order valence-corrected chi connectivity index (χ0v) is 17.3. The van der Waals surface area contributed by atoms with Crippen molar-refractivity contribution < 1.29 is 4.84 Å². The van der Waals surface area contributed by atoms with Gasteiger partial charge in [-0.1, -0.05) is 29.4 Å². The highest BCUT2D eigenvalue weighted by Gasteiger charge is 2.15. The molecule has 0 spiro atoms. The zero-order chi connectivity index (χ0) is 20.3. The molecule has 1 aromatic carbocycles. The Balaban J connectivity index is 1.39. The van der Waals surface area contributed by atoms with Crippen molar-refractivity contribution in [2.75, 3.05) is 33.7 Å². The molecule has 6 heteroatoms. The van der Waals surface area contributed by atoms with Gasteiger partial charge in [-0.2, -0.15) is 0 Å². The molecule has 2 aromatic rings. The Kier molecular flexibility index (Phi) is 8.07. The Hall–Kier alpha value is -2.86. The predicted molar refractivity (Wildman–Crippen MR) is 119 cm³/mol. The van der Waals surface area contributed by atoms with Crippen LogP contribution in [0.1, 0.15) is 35.2 Å². The summed E-state index contributed by atoms with van der Waals surface area (Å²) in [6, 6.07) is 12.5. The summed E-state index contributed by atoms with van der Waals surface area (Å²) in [7, 11) is 3.55. The van der Waals surface area contributed by atoms with Crippen molar-refractivity contribution in [2.45, 2.75) is 25.9 Å². The highest BCUT2D eigenvalue weighted by atomic mass is 16.6. The third-order valence-corrected chi connectivity index (χ3v) is 4.93. The molecule has 0 amide bonds. The summed E-state index contributed by atoms with van der Waals surface area (Å²) in [5.41, 5.74) is 5.53. The van der Waals surface area contributed by atoms with Crippen LogP contribution in [0.4, 0.5) is 0 Å². The molecule has 3 rings (SSSR count). The minimum absolute atomic E-state index is 0.386. The molecular weight excluding hydrogens is 362 g/mol. The van der Waals surface area contributed by atoms with E-state index >= 15 is 0 Å². The van der Waals surface area contributed by atoms with Gasteiger partial charge in [0, 0.05) is 65.2 Å². The first-order valence-electron chi connectivity index (χ1n) is 10.0. The molecule has 1 saturated heterocycles. The molecule has 29 heavy (non-hydrogen) atoms. The number of aromatic nitrogens is 1. The predicted octanol–water partition coefficient (Wildman–Crippen LogP) is 3.39. The van der Waals surface area contributed by atoms with Crippen molar-refractivity contribution in [3.63, 3.8) is 0 Å². The van der Waals surface area contributed by atoms with Gasteiger partial charge < -0.3 is 9.74 Å². The summed E-state index contributed by atoms with van der Waals surface area (Å²) in [5, 5.41) is 4.34. The Morgan fingerprint density at radius 1 is 1.00 bits per heavy atom. The minimum Gasteiger partial charge on any atom is -0.389 e. The van der Waals surface area contributed by atoms with Crippen LogP contribution in [0.15, 0.2) is 57.7 Å². The first-order valence-corrected chi connectivity index (χ1v) is 10.0. The molecule has 0 N–H and O–H groups in total. The van der Waals surface area contributed by atoms with E-state index in [1.165, 1.54) is 5.56 Å². The van der Waals surface area contributed by atoms with Crippen molar-refractivity contribution >= 4 is 18.1 Å². The van der Waals surface area contributed by atoms with E-state index in [-0.39, 0.29) is 0 Å². The molecule has 0 saturated carbocycles. The number of nitrogens with zero attached hydrogens (tertiary/aromatic N) is 5. The molecule has 6 nitrogen and oxygen atoms in total. The van der Waals surface area contributed by atoms with Gasteiger partial charge in [-0.05, 0) is 35.2 Å². The molecule has 0 radical (unpaired) electrons. The topological polar surface area (TPSA) is 62.4 Å². The largest absolute Gasteiger partial charge is 0.389 e.